The summed E-state index contributed by atoms with van der Waals surface area (Å²) in [7, 11) is 0. The zero-order valence-electron chi connectivity index (χ0n) is 14.1. The molecule has 3 N–H and O–H groups in total. The zero-order valence-corrected chi connectivity index (χ0v) is 14.9. The van der Waals surface area contributed by atoms with Crippen LogP contribution in [0, 0.1) is 12.7 Å². The maximum absolute atomic E-state index is 15.0. The van der Waals surface area contributed by atoms with Crippen LogP contribution in [-0.2, 0) is 0 Å². The monoisotopic (exact) mass is 388 g/mol. The van der Waals surface area contributed by atoms with E-state index in [-0.39, 0.29) is 16.4 Å². The lowest BCUT2D eigenvalue weighted by Crippen LogP contribution is -2.20. The average molecular weight is 389 g/mol. The average Bonchev–Trinajstić information content (AvgIpc) is 2.65. The summed E-state index contributed by atoms with van der Waals surface area (Å²) in [6.45, 7) is 3.00. The standard InChI is InChI=1S/C18H14ClFN4O3/c1-8-11(6-23-17-16(8)21-2-3-27-17)10-4-9-5-13(24-18(25)26)22-7-12(9)14(19)15(10)20/h4-7,21H,2-3H2,1H3,(H,22,24)(H,25,26). The summed E-state index contributed by atoms with van der Waals surface area (Å²) in [5.41, 5.74) is 2.34. The van der Waals surface area contributed by atoms with Crippen molar-refractivity contribution in [2.45, 2.75) is 6.92 Å². The number of amides is 1. The van der Waals surface area contributed by atoms with Gasteiger partial charge in [0.2, 0.25) is 5.88 Å². The molecule has 1 aromatic carbocycles. The Morgan fingerprint density at radius 1 is 1.33 bits per heavy atom. The number of nitrogens with one attached hydrogen (secondary N) is 2. The molecule has 0 unspecified atom stereocenters. The van der Waals surface area contributed by atoms with Gasteiger partial charge in [-0.2, -0.15) is 0 Å². The Balaban J connectivity index is 1.91. The number of halogens is 2. The predicted octanol–water partition coefficient (Wildman–Crippen LogP) is 4.29. The summed E-state index contributed by atoms with van der Waals surface area (Å²) in [6.07, 6.45) is 1.64. The van der Waals surface area contributed by atoms with E-state index in [2.05, 4.69) is 20.6 Å². The smallest absolute Gasteiger partial charge is 0.410 e. The fraction of sp³-hybridized carbons (Fsp3) is 0.167. The molecular formula is C18H14ClFN4O3. The van der Waals surface area contributed by atoms with E-state index in [4.69, 9.17) is 21.4 Å². The van der Waals surface area contributed by atoms with E-state index in [0.29, 0.717) is 35.4 Å². The third kappa shape index (κ3) is 2.97. The number of rotatable bonds is 2. The van der Waals surface area contributed by atoms with Crippen LogP contribution in [0.3, 0.4) is 0 Å². The van der Waals surface area contributed by atoms with Gasteiger partial charge in [0.25, 0.3) is 0 Å². The molecule has 1 aliphatic rings. The zero-order chi connectivity index (χ0) is 19.1. The van der Waals surface area contributed by atoms with Crippen molar-refractivity contribution in [2.24, 2.45) is 0 Å². The summed E-state index contributed by atoms with van der Waals surface area (Å²) in [5.74, 6) is 0.0115. The molecule has 0 aliphatic carbocycles. The molecule has 0 atom stereocenters. The lowest BCUT2D eigenvalue weighted by Gasteiger charge is -2.22. The van der Waals surface area contributed by atoms with Crippen LogP contribution < -0.4 is 15.4 Å². The lowest BCUT2D eigenvalue weighted by atomic mass is 9.98. The molecular weight excluding hydrogens is 375 g/mol. The minimum absolute atomic E-state index is 0.0850. The van der Waals surface area contributed by atoms with Gasteiger partial charge in [0, 0.05) is 35.5 Å². The number of hydrogen-bond acceptors (Lipinski definition) is 5. The Labute approximate surface area is 158 Å². The second kappa shape index (κ2) is 6.55. The third-order valence-electron chi connectivity index (χ3n) is 4.37. The normalized spacial score (nSPS) is 12.9. The lowest BCUT2D eigenvalue weighted by molar-refractivity contribution is 0.209. The third-order valence-corrected chi connectivity index (χ3v) is 4.74. The van der Waals surface area contributed by atoms with Gasteiger partial charge in [-0.25, -0.2) is 19.2 Å². The highest BCUT2D eigenvalue weighted by Crippen LogP contribution is 2.40. The second-order valence-corrected chi connectivity index (χ2v) is 6.40. The highest BCUT2D eigenvalue weighted by molar-refractivity contribution is 6.36. The van der Waals surface area contributed by atoms with Crippen molar-refractivity contribution in [1.29, 1.82) is 0 Å². The molecule has 27 heavy (non-hydrogen) atoms. The molecule has 0 saturated carbocycles. The van der Waals surface area contributed by atoms with Gasteiger partial charge in [0.15, 0.2) is 0 Å². The number of carbonyl (C=O) groups is 1. The quantitative estimate of drug-likeness (QED) is 0.606. The van der Waals surface area contributed by atoms with Crippen molar-refractivity contribution >= 4 is 40.0 Å². The first kappa shape index (κ1) is 17.3. The van der Waals surface area contributed by atoms with Crippen molar-refractivity contribution in [3.8, 4) is 17.0 Å². The van der Waals surface area contributed by atoms with Crippen molar-refractivity contribution in [1.82, 2.24) is 9.97 Å². The van der Waals surface area contributed by atoms with Gasteiger partial charge >= 0.3 is 6.09 Å². The Kier molecular flexibility index (Phi) is 4.19. The van der Waals surface area contributed by atoms with Crippen molar-refractivity contribution in [3.63, 3.8) is 0 Å². The predicted molar refractivity (Wildman–Crippen MR) is 100 cm³/mol. The van der Waals surface area contributed by atoms with Crippen LogP contribution in [0.4, 0.5) is 20.7 Å². The minimum atomic E-state index is -1.24. The van der Waals surface area contributed by atoms with E-state index in [0.717, 1.165) is 11.3 Å². The van der Waals surface area contributed by atoms with Crippen molar-refractivity contribution < 1.29 is 19.0 Å². The van der Waals surface area contributed by atoms with Crippen LogP contribution in [0.15, 0.2) is 24.5 Å². The molecule has 2 aromatic heterocycles. The molecule has 1 amide bonds. The van der Waals surface area contributed by atoms with Gasteiger partial charge in [0.05, 0.1) is 5.02 Å². The Hall–Kier alpha value is -3.13. The van der Waals surface area contributed by atoms with Gasteiger partial charge in [-0.1, -0.05) is 11.6 Å². The molecule has 7 nitrogen and oxygen atoms in total. The fourth-order valence-electron chi connectivity index (χ4n) is 3.10. The van der Waals surface area contributed by atoms with Crippen LogP contribution in [-0.4, -0.2) is 34.3 Å². The highest BCUT2D eigenvalue weighted by Gasteiger charge is 2.21. The first-order chi connectivity index (χ1) is 13.0. The number of aromatic nitrogens is 2. The summed E-state index contributed by atoms with van der Waals surface area (Å²) in [6, 6.07) is 3.10. The van der Waals surface area contributed by atoms with E-state index >= 15 is 0 Å². The number of hydrogen-bond donors (Lipinski definition) is 3. The maximum Gasteiger partial charge on any atom is 0.410 e. The molecule has 3 heterocycles. The molecule has 3 aromatic rings. The second-order valence-electron chi connectivity index (χ2n) is 6.03. The number of benzene rings is 1. The minimum Gasteiger partial charge on any atom is -0.474 e. The van der Waals surface area contributed by atoms with E-state index in [9.17, 15) is 9.18 Å². The van der Waals surface area contributed by atoms with Crippen LogP contribution in [0.5, 0.6) is 5.88 Å². The number of nitrogens with zero attached hydrogens (tertiary/aromatic N) is 2. The summed E-state index contributed by atoms with van der Waals surface area (Å²) in [4.78, 5) is 19.0. The van der Waals surface area contributed by atoms with E-state index in [1.807, 2.05) is 6.92 Å². The molecule has 0 radical (unpaired) electrons. The molecule has 9 heteroatoms. The number of pyridine rings is 2. The topological polar surface area (TPSA) is 96.4 Å². The van der Waals surface area contributed by atoms with Crippen LogP contribution in [0.2, 0.25) is 5.02 Å². The van der Waals surface area contributed by atoms with E-state index in [1.54, 1.807) is 12.3 Å². The Morgan fingerprint density at radius 3 is 2.93 bits per heavy atom. The van der Waals surface area contributed by atoms with E-state index < -0.39 is 11.9 Å². The Bertz CT molecular complexity index is 1090. The van der Waals surface area contributed by atoms with Crippen LogP contribution >= 0.6 is 11.6 Å². The van der Waals surface area contributed by atoms with Crippen molar-refractivity contribution in [2.75, 3.05) is 23.8 Å². The summed E-state index contributed by atoms with van der Waals surface area (Å²) >= 11 is 6.22. The molecule has 1 aliphatic heterocycles. The molecule has 0 fully saturated rings. The maximum atomic E-state index is 15.0. The van der Waals surface area contributed by atoms with E-state index in [1.165, 1.54) is 12.3 Å². The largest absolute Gasteiger partial charge is 0.474 e. The number of ether oxygens (including phenoxy) is 1. The van der Waals surface area contributed by atoms with Gasteiger partial charge in [-0.15, -0.1) is 0 Å². The molecule has 0 bridgehead atoms. The Morgan fingerprint density at radius 2 is 2.15 bits per heavy atom. The van der Waals surface area contributed by atoms with Gasteiger partial charge < -0.3 is 15.2 Å². The first-order valence-electron chi connectivity index (χ1n) is 8.10. The highest BCUT2D eigenvalue weighted by atomic mass is 35.5. The SMILES string of the molecule is Cc1c(-c2cc3cc(NC(=O)O)ncc3c(Cl)c2F)cnc2c1NCCO2. The van der Waals surface area contributed by atoms with Gasteiger partial charge in [0.1, 0.15) is 23.9 Å². The number of carboxylic acid groups (broad SMARTS) is 1. The summed E-state index contributed by atoms with van der Waals surface area (Å²) in [5, 5.41) is 15.1. The van der Waals surface area contributed by atoms with Crippen LogP contribution in [0.1, 0.15) is 5.56 Å². The van der Waals surface area contributed by atoms with Crippen LogP contribution in [0.25, 0.3) is 21.9 Å². The molecule has 4 rings (SSSR count). The number of anilines is 2. The molecule has 0 saturated heterocycles. The number of fused-ring (bicyclic) bond motifs is 2. The summed E-state index contributed by atoms with van der Waals surface area (Å²) < 4.78 is 20.5. The molecule has 138 valence electrons. The van der Waals surface area contributed by atoms with Gasteiger partial charge in [-0.3, -0.25) is 5.32 Å². The van der Waals surface area contributed by atoms with Crippen molar-refractivity contribution in [3.05, 3.63) is 40.9 Å². The first-order valence-corrected chi connectivity index (χ1v) is 8.48. The fourth-order valence-corrected chi connectivity index (χ4v) is 3.36. The molecule has 0 spiro atoms. The van der Waals surface area contributed by atoms with Gasteiger partial charge in [-0.05, 0) is 30.0 Å².